The third-order valence-electron chi connectivity index (χ3n) is 6.47. The Kier molecular flexibility index (Phi) is 7.53. The SMILES string of the molecule is COc1cc(C(=O)NCCCO)ccc1Nc1ncc2c(n1)N(C1CCCC1)CC(F)(F)C(=O)N2C. The summed E-state index contributed by atoms with van der Waals surface area (Å²) in [4.78, 5) is 36.0. The van der Waals surface area contributed by atoms with Gasteiger partial charge in [-0.1, -0.05) is 12.8 Å². The molecule has 36 heavy (non-hydrogen) atoms. The maximum Gasteiger partial charge on any atom is 0.342 e. The van der Waals surface area contributed by atoms with E-state index in [4.69, 9.17) is 9.84 Å². The summed E-state index contributed by atoms with van der Waals surface area (Å²) in [5.74, 6) is -4.39. The predicted octanol–water partition coefficient (Wildman–Crippen LogP) is 2.70. The first-order valence-corrected chi connectivity index (χ1v) is 11.9. The maximum absolute atomic E-state index is 14.8. The molecule has 0 atom stereocenters. The number of nitrogens with one attached hydrogen (secondary N) is 2. The fourth-order valence-electron chi connectivity index (χ4n) is 4.54. The van der Waals surface area contributed by atoms with Crippen molar-refractivity contribution in [2.75, 3.05) is 49.0 Å². The number of aliphatic hydroxyl groups is 1. The number of amides is 2. The molecule has 2 aromatic rings. The van der Waals surface area contributed by atoms with Gasteiger partial charge in [-0.15, -0.1) is 0 Å². The molecule has 1 aromatic carbocycles. The van der Waals surface area contributed by atoms with Gasteiger partial charge >= 0.3 is 5.92 Å². The zero-order valence-electron chi connectivity index (χ0n) is 20.3. The number of carbonyl (C=O) groups is 2. The highest BCUT2D eigenvalue weighted by Crippen LogP contribution is 2.40. The molecule has 4 rings (SSSR count). The number of aliphatic hydroxyl groups excluding tert-OH is 1. The summed E-state index contributed by atoms with van der Waals surface area (Å²) in [6.45, 7) is -0.422. The topological polar surface area (TPSA) is 120 Å². The van der Waals surface area contributed by atoms with Crippen LogP contribution in [0.1, 0.15) is 42.5 Å². The zero-order valence-corrected chi connectivity index (χ0v) is 20.3. The van der Waals surface area contributed by atoms with Gasteiger partial charge in [0.15, 0.2) is 5.82 Å². The molecule has 1 aromatic heterocycles. The first-order chi connectivity index (χ1) is 17.2. The number of methoxy groups -OCH3 is 1. The molecule has 1 saturated carbocycles. The minimum atomic E-state index is -3.55. The van der Waals surface area contributed by atoms with Crippen LogP contribution in [0.4, 0.5) is 31.9 Å². The number of benzene rings is 1. The number of ether oxygens (including phenoxy) is 1. The van der Waals surface area contributed by atoms with Gasteiger partial charge in [-0.05, 0) is 37.5 Å². The summed E-state index contributed by atoms with van der Waals surface area (Å²) in [6.07, 6.45) is 5.16. The van der Waals surface area contributed by atoms with E-state index in [0.717, 1.165) is 30.6 Å². The highest BCUT2D eigenvalue weighted by atomic mass is 19.3. The fraction of sp³-hybridized carbons (Fsp3) is 0.500. The van der Waals surface area contributed by atoms with Crippen molar-refractivity contribution in [3.05, 3.63) is 30.0 Å². The van der Waals surface area contributed by atoms with E-state index in [-0.39, 0.29) is 36.0 Å². The smallest absolute Gasteiger partial charge is 0.342 e. The molecule has 0 saturated heterocycles. The lowest BCUT2D eigenvalue weighted by molar-refractivity contribution is -0.140. The molecular formula is C24H30F2N6O4. The third kappa shape index (κ3) is 5.18. The molecule has 12 heteroatoms. The number of hydrogen-bond acceptors (Lipinski definition) is 8. The number of anilines is 4. The molecule has 10 nitrogen and oxygen atoms in total. The van der Waals surface area contributed by atoms with E-state index in [1.807, 2.05) is 0 Å². The number of aromatic nitrogens is 2. The minimum Gasteiger partial charge on any atom is -0.495 e. The van der Waals surface area contributed by atoms with Crippen LogP contribution in [0.5, 0.6) is 5.75 Å². The van der Waals surface area contributed by atoms with Crippen LogP contribution in [0.3, 0.4) is 0 Å². The third-order valence-corrected chi connectivity index (χ3v) is 6.47. The van der Waals surface area contributed by atoms with E-state index in [9.17, 15) is 18.4 Å². The van der Waals surface area contributed by atoms with E-state index >= 15 is 0 Å². The Morgan fingerprint density at radius 2 is 2.06 bits per heavy atom. The summed E-state index contributed by atoms with van der Waals surface area (Å²) in [5, 5.41) is 14.6. The second-order valence-electron chi connectivity index (χ2n) is 8.91. The van der Waals surface area contributed by atoms with Crippen LogP contribution < -0.4 is 25.2 Å². The van der Waals surface area contributed by atoms with Crippen LogP contribution in [0, 0.1) is 0 Å². The van der Waals surface area contributed by atoms with Crippen molar-refractivity contribution < 1.29 is 28.2 Å². The van der Waals surface area contributed by atoms with Crippen LogP contribution >= 0.6 is 0 Å². The second-order valence-corrected chi connectivity index (χ2v) is 8.91. The largest absolute Gasteiger partial charge is 0.495 e. The van der Waals surface area contributed by atoms with Gasteiger partial charge in [0, 0.05) is 31.8 Å². The number of nitrogens with zero attached hydrogens (tertiary/aromatic N) is 4. The van der Waals surface area contributed by atoms with Crippen molar-refractivity contribution in [1.29, 1.82) is 0 Å². The van der Waals surface area contributed by atoms with Gasteiger partial charge in [0.1, 0.15) is 11.4 Å². The standard InChI is InChI=1S/C24H30F2N6O4/c1-31-18-13-28-23(29-17-9-8-15(12-19(17)36-2)21(34)27-10-5-11-33)30-20(18)32(16-6-3-4-7-16)14-24(25,26)22(31)35/h8-9,12-13,16,33H,3-7,10-11,14H2,1-2H3,(H,27,34)(H,28,29,30). The van der Waals surface area contributed by atoms with E-state index in [2.05, 4.69) is 20.6 Å². The Balaban J connectivity index is 1.64. The fourth-order valence-corrected chi connectivity index (χ4v) is 4.54. The molecule has 2 heterocycles. The number of rotatable bonds is 8. The quantitative estimate of drug-likeness (QED) is 0.470. The van der Waals surface area contributed by atoms with E-state index < -0.39 is 18.4 Å². The number of carbonyl (C=O) groups excluding carboxylic acids is 2. The van der Waals surface area contributed by atoms with Crippen molar-refractivity contribution >= 4 is 35.0 Å². The molecule has 1 aliphatic heterocycles. The van der Waals surface area contributed by atoms with Gasteiger partial charge < -0.3 is 30.3 Å². The Labute approximate surface area is 207 Å². The molecule has 0 radical (unpaired) electrons. The summed E-state index contributed by atoms with van der Waals surface area (Å²) >= 11 is 0. The van der Waals surface area contributed by atoms with Gasteiger partial charge in [0.05, 0.1) is 25.5 Å². The first kappa shape index (κ1) is 25.5. The van der Waals surface area contributed by atoms with Gasteiger partial charge in [-0.25, -0.2) is 4.98 Å². The molecule has 0 spiro atoms. The van der Waals surface area contributed by atoms with Gasteiger partial charge in [-0.3, -0.25) is 9.59 Å². The van der Waals surface area contributed by atoms with Crippen LogP contribution in [0.15, 0.2) is 24.4 Å². The van der Waals surface area contributed by atoms with E-state index in [1.165, 1.54) is 25.3 Å². The Morgan fingerprint density at radius 3 is 2.75 bits per heavy atom. The van der Waals surface area contributed by atoms with Crippen molar-refractivity contribution in [2.45, 2.75) is 44.1 Å². The lowest BCUT2D eigenvalue weighted by atomic mass is 10.1. The molecule has 1 fully saturated rings. The lowest BCUT2D eigenvalue weighted by Crippen LogP contribution is -2.48. The predicted molar refractivity (Wildman–Crippen MR) is 130 cm³/mol. The molecule has 194 valence electrons. The van der Waals surface area contributed by atoms with Crippen molar-refractivity contribution in [1.82, 2.24) is 15.3 Å². The van der Waals surface area contributed by atoms with E-state index in [1.54, 1.807) is 18.2 Å². The molecule has 2 amide bonds. The number of halogens is 2. The number of fused-ring (bicyclic) bond motifs is 1. The summed E-state index contributed by atoms with van der Waals surface area (Å²) in [7, 11) is 2.76. The van der Waals surface area contributed by atoms with Gasteiger partial charge in [-0.2, -0.15) is 13.8 Å². The van der Waals surface area contributed by atoms with Crippen LogP contribution in [-0.4, -0.2) is 72.7 Å². The molecule has 0 unspecified atom stereocenters. The van der Waals surface area contributed by atoms with Gasteiger partial charge in [0.2, 0.25) is 5.95 Å². The maximum atomic E-state index is 14.8. The van der Waals surface area contributed by atoms with Crippen LogP contribution in [0.2, 0.25) is 0 Å². The monoisotopic (exact) mass is 504 g/mol. The van der Waals surface area contributed by atoms with Crippen LogP contribution in [-0.2, 0) is 4.79 Å². The highest BCUT2D eigenvalue weighted by molar-refractivity contribution is 6.02. The van der Waals surface area contributed by atoms with Crippen molar-refractivity contribution in [3.63, 3.8) is 0 Å². The summed E-state index contributed by atoms with van der Waals surface area (Å²) in [6, 6.07) is 4.64. The first-order valence-electron chi connectivity index (χ1n) is 11.9. The molecule has 1 aliphatic carbocycles. The van der Waals surface area contributed by atoms with Crippen LogP contribution in [0.25, 0.3) is 0 Å². The molecule has 0 bridgehead atoms. The van der Waals surface area contributed by atoms with Crippen molar-refractivity contribution in [3.8, 4) is 5.75 Å². The lowest BCUT2D eigenvalue weighted by Gasteiger charge is -2.31. The van der Waals surface area contributed by atoms with E-state index in [0.29, 0.717) is 30.0 Å². The summed E-state index contributed by atoms with van der Waals surface area (Å²) < 4.78 is 35.0. The zero-order chi connectivity index (χ0) is 25.9. The normalized spacial score (nSPS) is 17.5. The van der Waals surface area contributed by atoms with Gasteiger partial charge in [0.25, 0.3) is 11.8 Å². The van der Waals surface area contributed by atoms with Crippen molar-refractivity contribution in [2.24, 2.45) is 0 Å². The number of hydrogen-bond donors (Lipinski definition) is 3. The molecule has 3 N–H and O–H groups in total. The Morgan fingerprint density at radius 1 is 1.31 bits per heavy atom. The minimum absolute atomic E-state index is 0.0208. The Bertz CT molecular complexity index is 1130. The molecule has 2 aliphatic rings. The highest BCUT2D eigenvalue weighted by Gasteiger charge is 2.48. The second kappa shape index (κ2) is 10.6. The summed E-state index contributed by atoms with van der Waals surface area (Å²) in [5.41, 5.74) is 1.06. The Hall–Kier alpha value is -3.54. The number of alkyl halides is 2. The average molecular weight is 505 g/mol. The molecular weight excluding hydrogens is 474 g/mol. The average Bonchev–Trinajstić information content (AvgIpc) is 3.39.